The molecule has 0 aliphatic heterocycles. The number of nitrogens with one attached hydrogen (secondary N) is 1. The highest BCUT2D eigenvalue weighted by Crippen LogP contribution is 2.31. The molecule has 5 nitrogen and oxygen atoms in total. The van der Waals surface area contributed by atoms with Crippen LogP contribution in [0.4, 0.5) is 5.82 Å². The van der Waals surface area contributed by atoms with Crippen molar-refractivity contribution in [1.82, 2.24) is 4.98 Å². The Morgan fingerprint density at radius 3 is 2.65 bits per heavy atom. The highest BCUT2D eigenvalue weighted by molar-refractivity contribution is 5.94. The molecular weight excluding hydrogens is 290 g/mol. The van der Waals surface area contributed by atoms with Gasteiger partial charge >= 0.3 is 0 Å². The Balaban J connectivity index is 2.08. The molecule has 1 aromatic carbocycles. The molecular formula is C18H23N3O2. The summed E-state index contributed by atoms with van der Waals surface area (Å²) in [5.74, 6) is 0.455. The molecule has 2 rings (SSSR count). The number of carbonyl (C=O) groups excluding carboxylic acids is 1. The number of hydrogen-bond donors (Lipinski definition) is 3. The number of nitrogens with zero attached hydrogens (tertiary/aromatic N) is 1. The van der Waals surface area contributed by atoms with Gasteiger partial charge in [-0.05, 0) is 41.2 Å². The maximum Gasteiger partial charge on any atom is 0.242 e. The van der Waals surface area contributed by atoms with Crippen LogP contribution in [0.3, 0.4) is 0 Å². The van der Waals surface area contributed by atoms with Crippen molar-refractivity contribution in [2.75, 3.05) is 5.32 Å². The Kier molecular flexibility index (Phi) is 5.01. The van der Waals surface area contributed by atoms with Gasteiger partial charge in [0.1, 0.15) is 11.6 Å². The lowest BCUT2D eigenvalue weighted by Crippen LogP contribution is -2.37. The number of rotatable bonds is 4. The number of nitrogens with two attached hydrogens (primary N) is 1. The lowest BCUT2D eigenvalue weighted by Gasteiger charge is -2.22. The molecule has 0 saturated carbocycles. The average molecular weight is 313 g/mol. The van der Waals surface area contributed by atoms with Crippen LogP contribution >= 0.6 is 0 Å². The van der Waals surface area contributed by atoms with E-state index in [1.807, 2.05) is 26.8 Å². The summed E-state index contributed by atoms with van der Waals surface area (Å²) in [6, 6.07) is 9.95. The van der Waals surface area contributed by atoms with E-state index in [0.29, 0.717) is 12.2 Å². The Morgan fingerprint density at radius 2 is 2.04 bits per heavy atom. The largest absolute Gasteiger partial charge is 0.508 e. The number of anilines is 1. The number of phenols is 1. The molecule has 0 saturated heterocycles. The van der Waals surface area contributed by atoms with Crippen molar-refractivity contribution in [2.24, 2.45) is 5.73 Å². The number of pyridine rings is 1. The van der Waals surface area contributed by atoms with Gasteiger partial charge in [-0.15, -0.1) is 0 Å². The third kappa shape index (κ3) is 4.53. The predicted octanol–water partition coefficient (Wildman–Crippen LogP) is 2.59. The van der Waals surface area contributed by atoms with E-state index in [-0.39, 0.29) is 17.1 Å². The van der Waals surface area contributed by atoms with Crippen LogP contribution in [-0.4, -0.2) is 22.0 Å². The van der Waals surface area contributed by atoms with Crippen LogP contribution in [0, 0.1) is 0 Å². The molecule has 0 bridgehead atoms. The van der Waals surface area contributed by atoms with E-state index >= 15 is 0 Å². The summed E-state index contributed by atoms with van der Waals surface area (Å²) in [6.45, 7) is 6.08. The SMILES string of the molecule is CC(C)(C)c1cc(C[C@H](N)C(=O)Nc2ccccn2)ccc1O. The highest BCUT2D eigenvalue weighted by Gasteiger charge is 2.20. The van der Waals surface area contributed by atoms with E-state index in [9.17, 15) is 9.90 Å². The fourth-order valence-corrected chi connectivity index (χ4v) is 2.31. The van der Waals surface area contributed by atoms with Gasteiger partial charge in [-0.1, -0.05) is 39.0 Å². The second-order valence-electron chi connectivity index (χ2n) is 6.62. The maximum absolute atomic E-state index is 12.1. The topological polar surface area (TPSA) is 88.2 Å². The maximum atomic E-state index is 12.1. The van der Waals surface area contributed by atoms with E-state index in [4.69, 9.17) is 5.73 Å². The molecule has 0 fully saturated rings. The Hall–Kier alpha value is -2.40. The fourth-order valence-electron chi connectivity index (χ4n) is 2.31. The van der Waals surface area contributed by atoms with Crippen molar-refractivity contribution >= 4 is 11.7 Å². The quantitative estimate of drug-likeness (QED) is 0.809. The number of hydrogen-bond acceptors (Lipinski definition) is 4. The minimum atomic E-state index is -0.686. The van der Waals surface area contributed by atoms with Gasteiger partial charge in [0, 0.05) is 6.20 Å². The second-order valence-corrected chi connectivity index (χ2v) is 6.62. The van der Waals surface area contributed by atoms with E-state index in [1.54, 1.807) is 36.5 Å². The summed E-state index contributed by atoms with van der Waals surface area (Å²) in [5.41, 5.74) is 7.57. The summed E-state index contributed by atoms with van der Waals surface area (Å²) in [5, 5.41) is 12.7. The third-order valence-corrected chi connectivity index (χ3v) is 3.58. The zero-order chi connectivity index (χ0) is 17.0. The minimum absolute atomic E-state index is 0.180. The van der Waals surface area contributed by atoms with Gasteiger partial charge in [-0.2, -0.15) is 0 Å². The highest BCUT2D eigenvalue weighted by atomic mass is 16.3. The van der Waals surface area contributed by atoms with Gasteiger partial charge in [0.05, 0.1) is 6.04 Å². The molecule has 1 atom stereocenters. The first-order valence-electron chi connectivity index (χ1n) is 7.57. The van der Waals surface area contributed by atoms with Crippen molar-refractivity contribution in [1.29, 1.82) is 0 Å². The number of amides is 1. The molecule has 1 heterocycles. The van der Waals surface area contributed by atoms with Crippen LogP contribution in [0.1, 0.15) is 31.9 Å². The van der Waals surface area contributed by atoms with Gasteiger partial charge in [0.25, 0.3) is 0 Å². The second kappa shape index (κ2) is 6.79. The molecule has 2 aromatic rings. The fraction of sp³-hybridized carbons (Fsp3) is 0.333. The monoisotopic (exact) mass is 313 g/mol. The van der Waals surface area contributed by atoms with Crippen LogP contribution in [0.25, 0.3) is 0 Å². The standard InChI is InChI=1S/C18H23N3O2/c1-18(2,3)13-10-12(7-8-15(13)22)11-14(19)17(23)21-16-6-4-5-9-20-16/h4-10,14,22H,11,19H2,1-3H3,(H,20,21,23)/t14-/m0/s1. The van der Waals surface area contributed by atoms with Crippen molar-refractivity contribution in [3.05, 3.63) is 53.7 Å². The first-order chi connectivity index (χ1) is 10.8. The van der Waals surface area contributed by atoms with Gasteiger partial charge < -0.3 is 16.2 Å². The van der Waals surface area contributed by atoms with Crippen molar-refractivity contribution in [3.63, 3.8) is 0 Å². The lowest BCUT2D eigenvalue weighted by atomic mass is 9.85. The summed E-state index contributed by atoms with van der Waals surface area (Å²) in [6.07, 6.45) is 2.00. The van der Waals surface area contributed by atoms with Crippen LogP contribution in [0.2, 0.25) is 0 Å². The third-order valence-electron chi connectivity index (χ3n) is 3.58. The van der Waals surface area contributed by atoms with E-state index in [2.05, 4.69) is 10.3 Å². The lowest BCUT2D eigenvalue weighted by molar-refractivity contribution is -0.117. The number of carbonyl (C=O) groups is 1. The van der Waals surface area contributed by atoms with E-state index in [1.165, 1.54) is 0 Å². The molecule has 0 radical (unpaired) electrons. The normalized spacial score (nSPS) is 12.7. The van der Waals surface area contributed by atoms with Crippen molar-refractivity contribution in [2.45, 2.75) is 38.6 Å². The van der Waals surface area contributed by atoms with Gasteiger partial charge in [-0.3, -0.25) is 4.79 Å². The Bertz CT molecular complexity index is 678. The smallest absolute Gasteiger partial charge is 0.242 e. The number of phenolic OH excluding ortho intramolecular Hbond substituents is 1. The molecule has 4 N–H and O–H groups in total. The van der Waals surface area contributed by atoms with Crippen LogP contribution in [0.15, 0.2) is 42.6 Å². The Labute approximate surface area is 136 Å². The molecule has 1 aromatic heterocycles. The predicted molar refractivity (Wildman–Crippen MR) is 91.4 cm³/mol. The van der Waals surface area contributed by atoms with Gasteiger partial charge in [0.2, 0.25) is 5.91 Å². The number of aromatic nitrogens is 1. The summed E-state index contributed by atoms with van der Waals surface area (Å²) < 4.78 is 0. The number of benzene rings is 1. The minimum Gasteiger partial charge on any atom is -0.508 e. The van der Waals surface area contributed by atoms with E-state index < -0.39 is 6.04 Å². The van der Waals surface area contributed by atoms with E-state index in [0.717, 1.165) is 11.1 Å². The first-order valence-corrected chi connectivity index (χ1v) is 7.57. The van der Waals surface area contributed by atoms with Gasteiger partial charge in [0.15, 0.2) is 0 Å². The van der Waals surface area contributed by atoms with Crippen LogP contribution in [0.5, 0.6) is 5.75 Å². The molecule has 122 valence electrons. The molecule has 5 heteroatoms. The zero-order valence-electron chi connectivity index (χ0n) is 13.7. The molecule has 1 amide bonds. The van der Waals surface area contributed by atoms with Crippen LogP contribution < -0.4 is 11.1 Å². The van der Waals surface area contributed by atoms with Crippen molar-refractivity contribution < 1.29 is 9.90 Å². The molecule has 0 unspecified atom stereocenters. The Morgan fingerprint density at radius 1 is 1.30 bits per heavy atom. The van der Waals surface area contributed by atoms with Gasteiger partial charge in [-0.25, -0.2) is 4.98 Å². The molecule has 0 spiro atoms. The average Bonchev–Trinajstić information content (AvgIpc) is 2.49. The van der Waals surface area contributed by atoms with Crippen LogP contribution in [-0.2, 0) is 16.6 Å². The molecule has 0 aliphatic rings. The molecule has 0 aliphatic carbocycles. The summed E-state index contributed by atoms with van der Waals surface area (Å²) in [7, 11) is 0. The van der Waals surface area contributed by atoms with Crippen molar-refractivity contribution in [3.8, 4) is 5.75 Å². The zero-order valence-corrected chi connectivity index (χ0v) is 13.7. The summed E-state index contributed by atoms with van der Waals surface area (Å²) >= 11 is 0. The molecule has 23 heavy (non-hydrogen) atoms. The first kappa shape index (κ1) is 17.0. The summed E-state index contributed by atoms with van der Waals surface area (Å²) in [4.78, 5) is 16.2. The number of aromatic hydroxyl groups is 1.